The van der Waals surface area contributed by atoms with Crippen LogP contribution >= 0.6 is 11.3 Å². The zero-order chi connectivity index (χ0) is 22.1. The lowest BCUT2D eigenvalue weighted by Crippen LogP contribution is -2.27. The maximum absolute atomic E-state index is 13.3. The van der Waals surface area contributed by atoms with Crippen LogP contribution in [0.5, 0.6) is 0 Å². The molecule has 1 fully saturated rings. The molecule has 1 aromatic carbocycles. The molecular weight excluding hydrogens is 414 g/mol. The van der Waals surface area contributed by atoms with Crippen molar-refractivity contribution < 1.29 is 14.3 Å². The first-order chi connectivity index (χ1) is 14.9. The molecule has 0 spiro atoms. The predicted octanol–water partition coefficient (Wildman–Crippen LogP) is 3.68. The van der Waals surface area contributed by atoms with Crippen LogP contribution < -0.4 is 10.6 Å². The summed E-state index contributed by atoms with van der Waals surface area (Å²) >= 11 is 1.55. The number of nitrogens with one attached hydrogen (secondary N) is 2. The third-order valence-electron chi connectivity index (χ3n) is 5.71. The fourth-order valence-corrected chi connectivity index (χ4v) is 4.61. The molecule has 164 valence electrons. The molecule has 31 heavy (non-hydrogen) atoms. The van der Waals surface area contributed by atoms with Gasteiger partial charge in [-0.05, 0) is 38.8 Å². The third kappa shape index (κ3) is 4.33. The summed E-state index contributed by atoms with van der Waals surface area (Å²) in [6, 6.07) is 3.28. The van der Waals surface area contributed by atoms with Crippen molar-refractivity contribution in [1.29, 1.82) is 0 Å². The third-order valence-corrected chi connectivity index (χ3v) is 6.50. The number of aryl methyl sites for hydroxylation is 2. The predicted molar refractivity (Wildman–Crippen MR) is 121 cm³/mol. The molecule has 0 radical (unpaired) electrons. The van der Waals surface area contributed by atoms with Crippen molar-refractivity contribution in [1.82, 2.24) is 19.9 Å². The van der Waals surface area contributed by atoms with Crippen LogP contribution in [0.25, 0.3) is 11.0 Å². The van der Waals surface area contributed by atoms with E-state index in [-0.39, 0.29) is 24.5 Å². The van der Waals surface area contributed by atoms with Crippen molar-refractivity contribution in [3.8, 4) is 0 Å². The molecule has 1 saturated carbocycles. The summed E-state index contributed by atoms with van der Waals surface area (Å²) in [6.07, 6.45) is 3.41. The van der Waals surface area contributed by atoms with E-state index in [1.165, 1.54) is 13.5 Å². The number of hydrogen-bond acceptors (Lipinski definition) is 6. The van der Waals surface area contributed by atoms with E-state index in [1.54, 1.807) is 17.4 Å². The van der Waals surface area contributed by atoms with Crippen molar-refractivity contribution in [2.24, 2.45) is 7.05 Å². The molecule has 1 aliphatic carbocycles. The first-order valence-corrected chi connectivity index (χ1v) is 11.3. The van der Waals surface area contributed by atoms with Gasteiger partial charge in [0.25, 0.3) is 5.91 Å². The highest BCUT2D eigenvalue weighted by Crippen LogP contribution is 2.38. The highest BCUT2D eigenvalue weighted by Gasteiger charge is 2.27. The molecule has 3 aromatic rings. The average molecular weight is 442 g/mol. The number of amides is 2. The minimum atomic E-state index is -0.283. The van der Waals surface area contributed by atoms with Crippen LogP contribution in [-0.4, -0.2) is 40.1 Å². The molecule has 0 bridgehead atoms. The summed E-state index contributed by atoms with van der Waals surface area (Å²) in [5.74, 6) is 0.888. The number of carbonyl (C=O) groups is 2. The van der Waals surface area contributed by atoms with Gasteiger partial charge in [0.15, 0.2) is 0 Å². The number of ether oxygens (including phenoxy) is 1. The molecule has 1 unspecified atom stereocenters. The summed E-state index contributed by atoms with van der Waals surface area (Å²) < 4.78 is 6.92. The van der Waals surface area contributed by atoms with Gasteiger partial charge >= 0.3 is 0 Å². The molecule has 9 heteroatoms. The second kappa shape index (κ2) is 8.76. The van der Waals surface area contributed by atoms with Crippen molar-refractivity contribution in [2.75, 3.05) is 19.0 Å². The Morgan fingerprint density at radius 1 is 1.32 bits per heavy atom. The van der Waals surface area contributed by atoms with E-state index in [4.69, 9.17) is 9.72 Å². The molecule has 1 atom stereocenters. The second-order valence-corrected chi connectivity index (χ2v) is 9.08. The van der Waals surface area contributed by atoms with E-state index < -0.39 is 0 Å². The summed E-state index contributed by atoms with van der Waals surface area (Å²) in [5.41, 5.74) is 3.30. The fourth-order valence-electron chi connectivity index (χ4n) is 3.90. The molecule has 1 aliphatic rings. The van der Waals surface area contributed by atoms with Gasteiger partial charge in [0.1, 0.15) is 12.4 Å². The number of rotatable bonds is 7. The molecular formula is C22H27N5O3S. The second-order valence-electron chi connectivity index (χ2n) is 8.02. The van der Waals surface area contributed by atoms with Gasteiger partial charge in [0, 0.05) is 31.1 Å². The summed E-state index contributed by atoms with van der Waals surface area (Å²) in [5, 5.41) is 8.76. The van der Waals surface area contributed by atoms with E-state index >= 15 is 0 Å². The Kier molecular flexibility index (Phi) is 6.06. The number of carbonyl (C=O) groups excluding carboxylic acids is 2. The number of thiazole rings is 1. The molecule has 2 amide bonds. The van der Waals surface area contributed by atoms with Gasteiger partial charge in [-0.2, -0.15) is 0 Å². The van der Waals surface area contributed by atoms with Crippen LogP contribution in [0, 0.1) is 6.92 Å². The van der Waals surface area contributed by atoms with Crippen molar-refractivity contribution in [3.63, 3.8) is 0 Å². The maximum atomic E-state index is 13.3. The molecule has 2 aromatic heterocycles. The van der Waals surface area contributed by atoms with Crippen LogP contribution in [0.4, 0.5) is 5.69 Å². The van der Waals surface area contributed by atoms with Gasteiger partial charge in [0.2, 0.25) is 5.91 Å². The lowest BCUT2D eigenvalue weighted by Gasteiger charge is -2.24. The Hall–Kier alpha value is -2.78. The van der Waals surface area contributed by atoms with Crippen LogP contribution in [-0.2, 0) is 16.6 Å². The molecule has 2 heterocycles. The van der Waals surface area contributed by atoms with Gasteiger partial charge in [-0.15, -0.1) is 11.3 Å². The zero-order valence-corrected chi connectivity index (χ0v) is 19.0. The number of nitrogens with zero attached hydrogens (tertiary/aromatic N) is 3. The molecule has 0 saturated heterocycles. The minimum absolute atomic E-state index is 0.0602. The number of aromatic nitrogens is 3. The number of benzene rings is 1. The Morgan fingerprint density at radius 3 is 2.71 bits per heavy atom. The van der Waals surface area contributed by atoms with Gasteiger partial charge < -0.3 is 19.9 Å². The first kappa shape index (κ1) is 21.5. The number of methoxy groups -OCH3 is 1. The van der Waals surface area contributed by atoms with Crippen LogP contribution in [0.3, 0.4) is 0 Å². The first-order valence-electron chi connectivity index (χ1n) is 10.4. The van der Waals surface area contributed by atoms with Gasteiger partial charge in [-0.25, -0.2) is 9.97 Å². The average Bonchev–Trinajstić information content (AvgIpc) is 3.24. The van der Waals surface area contributed by atoms with Crippen LogP contribution in [0.15, 0.2) is 17.5 Å². The van der Waals surface area contributed by atoms with E-state index in [0.717, 1.165) is 34.9 Å². The number of fused-ring (bicyclic) bond motifs is 1. The van der Waals surface area contributed by atoms with Crippen molar-refractivity contribution >= 4 is 39.9 Å². The molecule has 2 N–H and O–H groups in total. The standard InChI is InChI=1S/C22H27N5O3S/c1-12(18-11-31-13(2)24-18)23-22(29)16-8-15(25-19(28)10-30-4)9-17-20(16)27(3)21(26-17)14-6-5-7-14/h8-9,11-12,14H,5-7,10H2,1-4H3,(H,23,29)(H,25,28). The highest BCUT2D eigenvalue weighted by atomic mass is 32.1. The topological polar surface area (TPSA) is 98.1 Å². The van der Waals surface area contributed by atoms with Crippen LogP contribution in [0.2, 0.25) is 0 Å². The molecule has 8 nitrogen and oxygen atoms in total. The monoisotopic (exact) mass is 441 g/mol. The SMILES string of the molecule is COCC(=O)Nc1cc(C(=O)NC(C)c2csc(C)n2)c2c(c1)nc(C1CCC1)n2C. The normalized spacial score (nSPS) is 15.0. The summed E-state index contributed by atoms with van der Waals surface area (Å²) in [7, 11) is 3.42. The quantitative estimate of drug-likeness (QED) is 0.583. The van der Waals surface area contributed by atoms with Gasteiger partial charge in [-0.3, -0.25) is 9.59 Å². The number of anilines is 1. The van der Waals surface area contributed by atoms with Gasteiger partial charge in [0.05, 0.1) is 33.3 Å². The Morgan fingerprint density at radius 2 is 2.10 bits per heavy atom. The Balaban J connectivity index is 1.72. The van der Waals surface area contributed by atoms with Crippen LogP contribution in [0.1, 0.15) is 65.0 Å². The summed E-state index contributed by atoms with van der Waals surface area (Å²) in [4.78, 5) is 34.7. The summed E-state index contributed by atoms with van der Waals surface area (Å²) in [6.45, 7) is 3.79. The zero-order valence-electron chi connectivity index (χ0n) is 18.2. The van der Waals surface area contributed by atoms with E-state index in [2.05, 4.69) is 15.6 Å². The van der Waals surface area contributed by atoms with E-state index in [1.807, 2.05) is 36.9 Å². The lowest BCUT2D eigenvalue weighted by atomic mass is 9.85. The largest absolute Gasteiger partial charge is 0.375 e. The highest BCUT2D eigenvalue weighted by molar-refractivity contribution is 7.09. The van der Waals surface area contributed by atoms with E-state index in [0.29, 0.717) is 22.7 Å². The maximum Gasteiger partial charge on any atom is 0.254 e. The number of imidazole rings is 1. The lowest BCUT2D eigenvalue weighted by molar-refractivity contribution is -0.119. The Labute approximate surface area is 185 Å². The Bertz CT molecular complexity index is 1130. The minimum Gasteiger partial charge on any atom is -0.375 e. The van der Waals surface area contributed by atoms with Gasteiger partial charge in [-0.1, -0.05) is 6.42 Å². The van der Waals surface area contributed by atoms with E-state index in [9.17, 15) is 9.59 Å². The number of hydrogen-bond donors (Lipinski definition) is 2. The molecule has 0 aliphatic heterocycles. The van der Waals surface area contributed by atoms with Crippen molar-refractivity contribution in [2.45, 2.75) is 45.1 Å². The fraction of sp³-hybridized carbons (Fsp3) is 0.455. The van der Waals surface area contributed by atoms with Crippen molar-refractivity contribution in [3.05, 3.63) is 39.6 Å². The smallest absolute Gasteiger partial charge is 0.254 e. The molecule has 4 rings (SSSR count).